The van der Waals surface area contributed by atoms with Crippen molar-refractivity contribution in [2.24, 2.45) is 11.8 Å². The zero-order valence-electron chi connectivity index (χ0n) is 17.7. The van der Waals surface area contributed by atoms with E-state index < -0.39 is 0 Å². The van der Waals surface area contributed by atoms with Crippen LogP contribution in [0.2, 0.25) is 0 Å². The van der Waals surface area contributed by atoms with Gasteiger partial charge in [-0.2, -0.15) is 0 Å². The topological polar surface area (TPSA) is 36.4 Å². The van der Waals surface area contributed by atoms with Crippen LogP contribution in [0.1, 0.15) is 76.5 Å². The average molecular weight is 372 g/mol. The van der Waals surface area contributed by atoms with E-state index in [4.69, 9.17) is 4.98 Å². The fraction of sp³-hybridized carbons (Fsp3) is 0.739. The largest absolute Gasteiger partial charge is 0.342 e. The molecular formula is C23H37N3O. The van der Waals surface area contributed by atoms with Gasteiger partial charge in [-0.3, -0.25) is 14.7 Å². The van der Waals surface area contributed by atoms with Crippen LogP contribution in [-0.4, -0.2) is 53.4 Å². The molecule has 2 aliphatic heterocycles. The van der Waals surface area contributed by atoms with Gasteiger partial charge in [0.05, 0.1) is 6.54 Å². The standard InChI is InChI=1S/C23H37N3O/c1-17(2)19-9-13-26(14-10-19)23(27)16-25-11-7-20(8-12-25)22-6-5-21(15-24-22)18(3)4/h5-6,15,17-20H,7-14,16H2,1-4H3. The van der Waals surface area contributed by atoms with Gasteiger partial charge in [-0.15, -0.1) is 0 Å². The van der Waals surface area contributed by atoms with Crippen LogP contribution in [-0.2, 0) is 4.79 Å². The third-order valence-corrected chi connectivity index (χ3v) is 6.68. The molecule has 1 aromatic heterocycles. The fourth-order valence-corrected chi connectivity index (χ4v) is 4.49. The van der Waals surface area contributed by atoms with Gasteiger partial charge in [0.2, 0.25) is 5.91 Å². The van der Waals surface area contributed by atoms with E-state index in [1.165, 1.54) is 24.1 Å². The molecule has 0 N–H and O–H groups in total. The molecule has 0 radical (unpaired) electrons. The Morgan fingerprint density at radius 3 is 2.22 bits per heavy atom. The Morgan fingerprint density at radius 2 is 1.70 bits per heavy atom. The Bertz CT molecular complexity index is 595. The van der Waals surface area contributed by atoms with Gasteiger partial charge in [0.25, 0.3) is 0 Å². The zero-order chi connectivity index (χ0) is 19.4. The molecule has 2 fully saturated rings. The molecule has 27 heavy (non-hydrogen) atoms. The first-order chi connectivity index (χ1) is 12.9. The summed E-state index contributed by atoms with van der Waals surface area (Å²) in [5, 5.41) is 0. The van der Waals surface area contributed by atoms with Crippen molar-refractivity contribution in [3.8, 4) is 0 Å². The highest BCUT2D eigenvalue weighted by molar-refractivity contribution is 5.78. The van der Waals surface area contributed by atoms with Crippen LogP contribution in [0.25, 0.3) is 0 Å². The summed E-state index contributed by atoms with van der Waals surface area (Å²) in [6.07, 6.45) is 6.59. The van der Waals surface area contributed by atoms with Gasteiger partial charge in [0.15, 0.2) is 0 Å². The minimum atomic E-state index is 0.329. The zero-order valence-corrected chi connectivity index (χ0v) is 17.7. The van der Waals surface area contributed by atoms with Gasteiger partial charge in [-0.1, -0.05) is 33.8 Å². The van der Waals surface area contributed by atoms with E-state index in [0.717, 1.165) is 50.9 Å². The van der Waals surface area contributed by atoms with Gasteiger partial charge < -0.3 is 4.90 Å². The number of aromatic nitrogens is 1. The number of amides is 1. The number of hydrogen-bond donors (Lipinski definition) is 0. The molecule has 0 spiro atoms. The van der Waals surface area contributed by atoms with Gasteiger partial charge in [0, 0.05) is 30.9 Å². The summed E-state index contributed by atoms with van der Waals surface area (Å²) in [4.78, 5) is 21.8. The van der Waals surface area contributed by atoms with Gasteiger partial charge in [-0.05, 0) is 68.2 Å². The van der Waals surface area contributed by atoms with Crippen molar-refractivity contribution in [2.45, 2.75) is 65.2 Å². The Balaban J connectivity index is 1.43. The van der Waals surface area contributed by atoms with Crippen molar-refractivity contribution in [2.75, 3.05) is 32.7 Å². The molecule has 0 bridgehead atoms. The average Bonchev–Trinajstić information content (AvgIpc) is 2.68. The lowest BCUT2D eigenvalue weighted by Gasteiger charge is -2.36. The number of pyridine rings is 1. The number of carbonyl (C=O) groups excluding carboxylic acids is 1. The third-order valence-electron chi connectivity index (χ3n) is 6.68. The first-order valence-corrected chi connectivity index (χ1v) is 10.9. The van der Waals surface area contributed by atoms with Crippen molar-refractivity contribution < 1.29 is 4.79 Å². The van der Waals surface area contributed by atoms with E-state index in [0.29, 0.717) is 24.3 Å². The molecule has 150 valence electrons. The van der Waals surface area contributed by atoms with Crippen molar-refractivity contribution in [3.63, 3.8) is 0 Å². The van der Waals surface area contributed by atoms with E-state index in [1.54, 1.807) is 0 Å². The van der Waals surface area contributed by atoms with Crippen molar-refractivity contribution in [1.29, 1.82) is 0 Å². The molecule has 3 rings (SSSR count). The van der Waals surface area contributed by atoms with Crippen LogP contribution in [0.5, 0.6) is 0 Å². The molecule has 2 saturated heterocycles. The molecule has 4 heteroatoms. The van der Waals surface area contributed by atoms with Crippen LogP contribution >= 0.6 is 0 Å². The predicted octanol–water partition coefficient (Wildman–Crippen LogP) is 4.28. The highest BCUT2D eigenvalue weighted by Crippen LogP contribution is 2.28. The van der Waals surface area contributed by atoms with Crippen molar-refractivity contribution in [3.05, 3.63) is 29.6 Å². The Labute approximate surface area is 165 Å². The number of hydrogen-bond acceptors (Lipinski definition) is 3. The third kappa shape index (κ3) is 5.31. The molecule has 3 heterocycles. The number of rotatable bonds is 5. The molecule has 1 amide bonds. The summed E-state index contributed by atoms with van der Waals surface area (Å²) in [5.41, 5.74) is 2.53. The first-order valence-electron chi connectivity index (χ1n) is 10.9. The highest BCUT2D eigenvalue weighted by atomic mass is 16.2. The molecule has 0 aliphatic carbocycles. The molecule has 0 aromatic carbocycles. The molecule has 0 atom stereocenters. The summed E-state index contributed by atoms with van der Waals surface area (Å²) < 4.78 is 0. The maximum atomic E-state index is 12.7. The number of carbonyl (C=O) groups is 1. The smallest absolute Gasteiger partial charge is 0.236 e. The summed E-state index contributed by atoms with van der Waals surface area (Å²) in [6, 6.07) is 4.43. The monoisotopic (exact) mass is 371 g/mol. The number of likely N-dealkylation sites (tertiary alicyclic amines) is 2. The van der Waals surface area contributed by atoms with Crippen LogP contribution in [0.15, 0.2) is 18.3 Å². The van der Waals surface area contributed by atoms with E-state index in [1.807, 2.05) is 6.20 Å². The number of piperidine rings is 2. The second kappa shape index (κ2) is 9.18. The van der Waals surface area contributed by atoms with Crippen LogP contribution in [0, 0.1) is 11.8 Å². The minimum Gasteiger partial charge on any atom is -0.342 e. The first kappa shape index (κ1) is 20.3. The van der Waals surface area contributed by atoms with E-state index in [2.05, 4.69) is 49.6 Å². The summed E-state index contributed by atoms with van der Waals surface area (Å²) in [5.74, 6) is 2.93. The molecule has 1 aromatic rings. The maximum absolute atomic E-state index is 12.7. The predicted molar refractivity (Wildman–Crippen MR) is 111 cm³/mol. The van der Waals surface area contributed by atoms with E-state index >= 15 is 0 Å². The summed E-state index contributed by atoms with van der Waals surface area (Å²) in [6.45, 7) is 13.5. The molecule has 0 saturated carbocycles. The lowest BCUT2D eigenvalue weighted by molar-refractivity contribution is -0.134. The second-order valence-electron chi connectivity index (χ2n) is 9.18. The Hall–Kier alpha value is -1.42. The van der Waals surface area contributed by atoms with Crippen molar-refractivity contribution >= 4 is 5.91 Å². The van der Waals surface area contributed by atoms with Crippen LogP contribution in [0.4, 0.5) is 0 Å². The lowest BCUT2D eigenvalue weighted by Crippen LogP contribution is -2.46. The minimum absolute atomic E-state index is 0.329. The lowest BCUT2D eigenvalue weighted by atomic mass is 9.86. The van der Waals surface area contributed by atoms with Gasteiger partial charge >= 0.3 is 0 Å². The fourth-order valence-electron chi connectivity index (χ4n) is 4.49. The number of nitrogens with zero attached hydrogens (tertiary/aromatic N) is 3. The molecular weight excluding hydrogens is 334 g/mol. The van der Waals surface area contributed by atoms with Crippen LogP contribution in [0.3, 0.4) is 0 Å². The Kier molecular flexibility index (Phi) is 6.91. The van der Waals surface area contributed by atoms with E-state index in [9.17, 15) is 4.79 Å². The molecule has 2 aliphatic rings. The maximum Gasteiger partial charge on any atom is 0.236 e. The summed E-state index contributed by atoms with van der Waals surface area (Å²) >= 11 is 0. The Morgan fingerprint density at radius 1 is 1.04 bits per heavy atom. The molecule has 0 unspecified atom stereocenters. The van der Waals surface area contributed by atoms with Crippen molar-refractivity contribution in [1.82, 2.24) is 14.8 Å². The summed E-state index contributed by atoms with van der Waals surface area (Å²) in [7, 11) is 0. The SMILES string of the molecule is CC(C)c1ccc(C2CCN(CC(=O)N3CCC(C(C)C)CC3)CC2)nc1. The van der Waals surface area contributed by atoms with E-state index in [-0.39, 0.29) is 0 Å². The molecule has 4 nitrogen and oxygen atoms in total. The van der Waals surface area contributed by atoms with Crippen LogP contribution < -0.4 is 0 Å². The second-order valence-corrected chi connectivity index (χ2v) is 9.18. The normalized spacial score (nSPS) is 20.6. The quantitative estimate of drug-likeness (QED) is 0.775. The highest BCUT2D eigenvalue weighted by Gasteiger charge is 2.27. The van der Waals surface area contributed by atoms with Gasteiger partial charge in [0.1, 0.15) is 0 Å². The van der Waals surface area contributed by atoms with Gasteiger partial charge in [-0.25, -0.2) is 0 Å².